The summed E-state index contributed by atoms with van der Waals surface area (Å²) >= 11 is 3.57. The first-order chi connectivity index (χ1) is 8.61. The van der Waals surface area contributed by atoms with Crippen LogP contribution < -0.4 is 5.32 Å². The number of hydrogen-bond donors (Lipinski definition) is 1. The van der Waals surface area contributed by atoms with E-state index in [4.69, 9.17) is 0 Å². The zero-order valence-electron chi connectivity index (χ0n) is 11.0. The lowest BCUT2D eigenvalue weighted by atomic mass is 10.2. The van der Waals surface area contributed by atoms with E-state index in [1.54, 1.807) is 0 Å². The normalized spacial score (nSPS) is 10.7. The molecule has 0 fully saturated rings. The Morgan fingerprint density at radius 1 is 1.33 bits per heavy atom. The van der Waals surface area contributed by atoms with Crippen molar-refractivity contribution in [2.75, 3.05) is 11.9 Å². The summed E-state index contributed by atoms with van der Waals surface area (Å²) in [6, 6.07) is 6.34. The van der Waals surface area contributed by atoms with E-state index in [9.17, 15) is 0 Å². The standard InChI is InChI=1S/C14H18BrN3/c1-4-7-16-14-17-11(3)9-18(14)12-6-5-10(2)13(15)8-12/h5-6,8-9H,4,7H2,1-3H3,(H,16,17). The highest BCUT2D eigenvalue weighted by Crippen LogP contribution is 2.23. The predicted molar refractivity (Wildman–Crippen MR) is 79.5 cm³/mol. The summed E-state index contributed by atoms with van der Waals surface area (Å²) in [5.41, 5.74) is 3.37. The second kappa shape index (κ2) is 5.57. The molecule has 2 rings (SSSR count). The third kappa shape index (κ3) is 2.75. The molecular formula is C14H18BrN3. The fourth-order valence-corrected chi connectivity index (χ4v) is 2.15. The first-order valence-electron chi connectivity index (χ1n) is 6.18. The lowest BCUT2D eigenvalue weighted by molar-refractivity contribution is 0.936. The second-order valence-electron chi connectivity index (χ2n) is 4.44. The van der Waals surface area contributed by atoms with Crippen molar-refractivity contribution in [2.45, 2.75) is 27.2 Å². The number of halogens is 1. The van der Waals surface area contributed by atoms with Crippen molar-refractivity contribution in [2.24, 2.45) is 0 Å². The average Bonchev–Trinajstić information content (AvgIpc) is 2.71. The van der Waals surface area contributed by atoms with Crippen LogP contribution in [0.2, 0.25) is 0 Å². The van der Waals surface area contributed by atoms with Crippen LogP contribution in [0.15, 0.2) is 28.9 Å². The van der Waals surface area contributed by atoms with E-state index in [2.05, 4.69) is 69.0 Å². The number of rotatable bonds is 4. The van der Waals surface area contributed by atoms with Gasteiger partial charge in [0.15, 0.2) is 0 Å². The van der Waals surface area contributed by atoms with E-state index < -0.39 is 0 Å². The maximum Gasteiger partial charge on any atom is 0.207 e. The minimum absolute atomic E-state index is 0.908. The summed E-state index contributed by atoms with van der Waals surface area (Å²) < 4.78 is 3.21. The molecule has 18 heavy (non-hydrogen) atoms. The van der Waals surface area contributed by atoms with E-state index >= 15 is 0 Å². The highest BCUT2D eigenvalue weighted by Gasteiger charge is 2.07. The molecule has 0 radical (unpaired) electrons. The van der Waals surface area contributed by atoms with Gasteiger partial charge in [-0.1, -0.05) is 28.9 Å². The average molecular weight is 308 g/mol. The smallest absolute Gasteiger partial charge is 0.207 e. The maximum absolute atomic E-state index is 4.51. The van der Waals surface area contributed by atoms with Crippen molar-refractivity contribution >= 4 is 21.9 Å². The first kappa shape index (κ1) is 13.1. The minimum atomic E-state index is 0.908. The van der Waals surface area contributed by atoms with Gasteiger partial charge in [0.25, 0.3) is 0 Å². The van der Waals surface area contributed by atoms with Gasteiger partial charge >= 0.3 is 0 Å². The molecule has 0 bridgehead atoms. The largest absolute Gasteiger partial charge is 0.355 e. The van der Waals surface area contributed by atoms with E-state index in [0.29, 0.717) is 0 Å². The van der Waals surface area contributed by atoms with Gasteiger partial charge in [0.05, 0.1) is 5.69 Å². The van der Waals surface area contributed by atoms with Crippen molar-refractivity contribution in [3.8, 4) is 5.69 Å². The molecule has 0 amide bonds. The van der Waals surface area contributed by atoms with Crippen LogP contribution in [-0.4, -0.2) is 16.1 Å². The molecule has 0 atom stereocenters. The molecule has 4 heteroatoms. The van der Waals surface area contributed by atoms with Gasteiger partial charge in [-0.15, -0.1) is 0 Å². The molecule has 2 aromatic rings. The van der Waals surface area contributed by atoms with E-state index in [0.717, 1.165) is 34.8 Å². The molecular weight excluding hydrogens is 290 g/mol. The van der Waals surface area contributed by atoms with Crippen LogP contribution in [0.3, 0.4) is 0 Å². The Hall–Kier alpha value is -1.29. The summed E-state index contributed by atoms with van der Waals surface area (Å²) in [6.45, 7) is 7.18. The summed E-state index contributed by atoms with van der Waals surface area (Å²) in [5, 5.41) is 3.35. The van der Waals surface area contributed by atoms with Gasteiger partial charge in [-0.05, 0) is 38.0 Å². The van der Waals surface area contributed by atoms with Crippen LogP contribution in [-0.2, 0) is 0 Å². The van der Waals surface area contributed by atoms with E-state index in [-0.39, 0.29) is 0 Å². The second-order valence-corrected chi connectivity index (χ2v) is 5.29. The Kier molecular flexibility index (Phi) is 4.07. The number of benzene rings is 1. The molecule has 1 heterocycles. The van der Waals surface area contributed by atoms with Crippen LogP contribution in [0.25, 0.3) is 5.69 Å². The molecule has 0 saturated heterocycles. The number of imidazole rings is 1. The van der Waals surface area contributed by atoms with Gasteiger partial charge < -0.3 is 5.32 Å². The number of hydrogen-bond acceptors (Lipinski definition) is 2. The molecule has 96 valence electrons. The van der Waals surface area contributed by atoms with E-state index in [1.165, 1.54) is 5.56 Å². The van der Waals surface area contributed by atoms with Gasteiger partial charge in [-0.2, -0.15) is 0 Å². The molecule has 1 aromatic heterocycles. The van der Waals surface area contributed by atoms with Gasteiger partial charge in [-0.25, -0.2) is 4.98 Å². The zero-order chi connectivity index (χ0) is 13.1. The highest BCUT2D eigenvalue weighted by molar-refractivity contribution is 9.10. The predicted octanol–water partition coefficient (Wildman–Crippen LogP) is 4.07. The summed E-state index contributed by atoms with van der Waals surface area (Å²) in [5.74, 6) is 0.908. The van der Waals surface area contributed by atoms with Crippen LogP contribution in [0.1, 0.15) is 24.6 Å². The summed E-state index contributed by atoms with van der Waals surface area (Å²) in [7, 11) is 0. The Morgan fingerprint density at radius 2 is 2.11 bits per heavy atom. The van der Waals surface area contributed by atoms with Gasteiger partial charge in [-0.3, -0.25) is 4.57 Å². The van der Waals surface area contributed by atoms with Gasteiger partial charge in [0.2, 0.25) is 5.95 Å². The number of anilines is 1. The molecule has 0 unspecified atom stereocenters. The van der Waals surface area contributed by atoms with Gasteiger partial charge in [0, 0.05) is 22.9 Å². The fourth-order valence-electron chi connectivity index (χ4n) is 1.79. The monoisotopic (exact) mass is 307 g/mol. The van der Waals surface area contributed by atoms with Crippen LogP contribution in [0.5, 0.6) is 0 Å². The number of aryl methyl sites for hydroxylation is 2. The van der Waals surface area contributed by atoms with Crippen molar-refractivity contribution in [3.63, 3.8) is 0 Å². The molecule has 0 aliphatic carbocycles. The topological polar surface area (TPSA) is 29.9 Å². The summed E-state index contributed by atoms with van der Waals surface area (Å²) in [4.78, 5) is 4.51. The Morgan fingerprint density at radius 3 is 2.78 bits per heavy atom. The molecule has 0 aliphatic rings. The van der Waals surface area contributed by atoms with Crippen molar-refractivity contribution < 1.29 is 0 Å². The van der Waals surface area contributed by atoms with Crippen molar-refractivity contribution in [3.05, 3.63) is 40.1 Å². The highest BCUT2D eigenvalue weighted by atomic mass is 79.9. The third-order valence-corrected chi connectivity index (χ3v) is 3.65. The molecule has 1 aromatic carbocycles. The lowest BCUT2D eigenvalue weighted by Crippen LogP contribution is -2.06. The third-order valence-electron chi connectivity index (χ3n) is 2.79. The Labute approximate surface area is 116 Å². The maximum atomic E-state index is 4.51. The van der Waals surface area contributed by atoms with Crippen molar-refractivity contribution in [1.29, 1.82) is 0 Å². The first-order valence-corrected chi connectivity index (χ1v) is 6.97. The van der Waals surface area contributed by atoms with Crippen molar-refractivity contribution in [1.82, 2.24) is 9.55 Å². The molecule has 0 saturated carbocycles. The number of nitrogens with one attached hydrogen (secondary N) is 1. The number of nitrogens with zero attached hydrogens (tertiary/aromatic N) is 2. The number of aromatic nitrogens is 2. The van der Waals surface area contributed by atoms with E-state index in [1.807, 2.05) is 6.92 Å². The molecule has 0 aliphatic heterocycles. The summed E-state index contributed by atoms with van der Waals surface area (Å²) in [6.07, 6.45) is 3.14. The van der Waals surface area contributed by atoms with Crippen LogP contribution in [0.4, 0.5) is 5.95 Å². The zero-order valence-corrected chi connectivity index (χ0v) is 12.6. The molecule has 0 spiro atoms. The minimum Gasteiger partial charge on any atom is -0.355 e. The quantitative estimate of drug-likeness (QED) is 0.922. The Bertz CT molecular complexity index is 546. The van der Waals surface area contributed by atoms with Crippen LogP contribution >= 0.6 is 15.9 Å². The Balaban J connectivity index is 2.39. The molecule has 1 N–H and O–H groups in total. The molecule has 3 nitrogen and oxygen atoms in total. The van der Waals surface area contributed by atoms with Gasteiger partial charge in [0.1, 0.15) is 0 Å². The fraction of sp³-hybridized carbons (Fsp3) is 0.357. The SMILES string of the molecule is CCCNc1nc(C)cn1-c1ccc(C)c(Br)c1. The van der Waals surface area contributed by atoms with Crippen LogP contribution in [0, 0.1) is 13.8 Å². The lowest BCUT2D eigenvalue weighted by Gasteiger charge is -2.10.